The van der Waals surface area contributed by atoms with Gasteiger partial charge in [0.15, 0.2) is 0 Å². The summed E-state index contributed by atoms with van der Waals surface area (Å²) in [7, 11) is 0. The third-order valence-electron chi connectivity index (χ3n) is 2.85. The number of carbonyl (C=O) groups is 2. The molecule has 0 aromatic rings. The lowest BCUT2D eigenvalue weighted by molar-refractivity contribution is -0.159. The van der Waals surface area contributed by atoms with Gasteiger partial charge < -0.3 is 15.2 Å². The van der Waals surface area contributed by atoms with Crippen LogP contribution in [0.5, 0.6) is 0 Å². The number of nitrogens with two attached hydrogens (primary N) is 1. The number of rotatable bonds is 9. The number of carbonyl (C=O) groups excluding carboxylic acids is 2. The smallest absolute Gasteiger partial charge is 0.311 e. The molecular formula is C13H25NO4. The van der Waals surface area contributed by atoms with Crippen molar-refractivity contribution in [2.45, 2.75) is 46.5 Å². The molecule has 0 heterocycles. The molecule has 0 aliphatic heterocycles. The standard InChI is InChI=1S/C13H25NO4/c1-4-13(2,3)12(16)18-10-9-17-11(15)7-5-6-8-14/h4-10,14H2,1-3H3. The minimum absolute atomic E-state index is 0.116. The maximum Gasteiger partial charge on any atom is 0.311 e. The summed E-state index contributed by atoms with van der Waals surface area (Å²) >= 11 is 0. The molecule has 0 unspecified atom stereocenters. The highest BCUT2D eigenvalue weighted by Gasteiger charge is 2.26. The molecule has 0 spiro atoms. The fourth-order valence-corrected chi connectivity index (χ4v) is 1.12. The van der Waals surface area contributed by atoms with Crippen molar-refractivity contribution in [1.29, 1.82) is 0 Å². The lowest BCUT2D eigenvalue weighted by Gasteiger charge is -2.20. The minimum Gasteiger partial charge on any atom is -0.462 e. The largest absolute Gasteiger partial charge is 0.462 e. The van der Waals surface area contributed by atoms with Gasteiger partial charge in [-0.25, -0.2) is 0 Å². The predicted molar refractivity (Wildman–Crippen MR) is 68.9 cm³/mol. The predicted octanol–water partition coefficient (Wildman–Crippen LogP) is 1.64. The average molecular weight is 259 g/mol. The summed E-state index contributed by atoms with van der Waals surface area (Å²) in [5, 5.41) is 0. The molecule has 18 heavy (non-hydrogen) atoms. The van der Waals surface area contributed by atoms with Gasteiger partial charge in [0.05, 0.1) is 5.41 Å². The van der Waals surface area contributed by atoms with Crippen LogP contribution in [-0.4, -0.2) is 31.7 Å². The molecule has 0 bridgehead atoms. The van der Waals surface area contributed by atoms with E-state index in [0.29, 0.717) is 19.4 Å². The van der Waals surface area contributed by atoms with Crippen LogP contribution in [0.4, 0.5) is 0 Å². The van der Waals surface area contributed by atoms with Crippen LogP contribution in [-0.2, 0) is 19.1 Å². The second kappa shape index (κ2) is 8.91. The van der Waals surface area contributed by atoms with Gasteiger partial charge in [-0.3, -0.25) is 9.59 Å². The minimum atomic E-state index is -0.481. The van der Waals surface area contributed by atoms with E-state index in [0.717, 1.165) is 12.8 Å². The van der Waals surface area contributed by atoms with Crippen LogP contribution in [0.3, 0.4) is 0 Å². The number of hydrogen-bond donors (Lipinski definition) is 1. The maximum absolute atomic E-state index is 11.6. The molecule has 0 fully saturated rings. The molecule has 0 saturated heterocycles. The fourth-order valence-electron chi connectivity index (χ4n) is 1.12. The molecule has 5 nitrogen and oxygen atoms in total. The van der Waals surface area contributed by atoms with Crippen molar-refractivity contribution in [3.63, 3.8) is 0 Å². The highest BCUT2D eigenvalue weighted by Crippen LogP contribution is 2.21. The van der Waals surface area contributed by atoms with E-state index < -0.39 is 5.41 Å². The number of hydrogen-bond acceptors (Lipinski definition) is 5. The van der Waals surface area contributed by atoms with Gasteiger partial charge in [0, 0.05) is 6.42 Å². The molecule has 0 atom stereocenters. The van der Waals surface area contributed by atoms with Crippen molar-refractivity contribution in [3.05, 3.63) is 0 Å². The lowest BCUT2D eigenvalue weighted by atomic mass is 9.91. The van der Waals surface area contributed by atoms with Crippen molar-refractivity contribution < 1.29 is 19.1 Å². The van der Waals surface area contributed by atoms with Gasteiger partial charge in [0.2, 0.25) is 0 Å². The van der Waals surface area contributed by atoms with Crippen molar-refractivity contribution in [2.75, 3.05) is 19.8 Å². The molecule has 2 N–H and O–H groups in total. The average Bonchev–Trinajstić information content (AvgIpc) is 2.34. The van der Waals surface area contributed by atoms with Crippen LogP contribution < -0.4 is 5.73 Å². The molecule has 0 aromatic carbocycles. The van der Waals surface area contributed by atoms with Gasteiger partial charge in [-0.15, -0.1) is 0 Å². The first-order chi connectivity index (χ1) is 8.44. The third-order valence-corrected chi connectivity index (χ3v) is 2.85. The SMILES string of the molecule is CCC(C)(C)C(=O)OCCOC(=O)CCCCN. The van der Waals surface area contributed by atoms with Crippen LogP contribution in [0.1, 0.15) is 46.5 Å². The molecule has 5 heteroatoms. The molecule has 0 amide bonds. The molecule has 0 aromatic heterocycles. The first-order valence-electron chi connectivity index (χ1n) is 6.47. The topological polar surface area (TPSA) is 78.6 Å². The normalized spacial score (nSPS) is 11.1. The highest BCUT2D eigenvalue weighted by molar-refractivity contribution is 5.75. The zero-order valence-corrected chi connectivity index (χ0v) is 11.7. The molecule has 0 rings (SSSR count). The number of unbranched alkanes of at least 4 members (excludes halogenated alkanes) is 1. The Kier molecular flexibility index (Phi) is 8.37. The van der Waals surface area contributed by atoms with Gasteiger partial charge in [0.1, 0.15) is 13.2 Å². The Morgan fingerprint density at radius 3 is 2.28 bits per heavy atom. The van der Waals surface area contributed by atoms with E-state index in [-0.39, 0.29) is 25.2 Å². The van der Waals surface area contributed by atoms with E-state index in [1.54, 1.807) is 0 Å². The van der Waals surface area contributed by atoms with E-state index >= 15 is 0 Å². The molecule has 0 aliphatic rings. The van der Waals surface area contributed by atoms with Crippen molar-refractivity contribution in [1.82, 2.24) is 0 Å². The van der Waals surface area contributed by atoms with E-state index in [4.69, 9.17) is 15.2 Å². The number of esters is 2. The number of ether oxygens (including phenoxy) is 2. The summed E-state index contributed by atoms with van der Waals surface area (Å²) < 4.78 is 9.97. The van der Waals surface area contributed by atoms with E-state index in [1.165, 1.54) is 0 Å². The Labute approximate surface area is 109 Å². The summed E-state index contributed by atoms with van der Waals surface area (Å²) in [5.41, 5.74) is 4.83. The van der Waals surface area contributed by atoms with Crippen LogP contribution in [0, 0.1) is 5.41 Å². The second-order valence-corrected chi connectivity index (χ2v) is 4.84. The van der Waals surface area contributed by atoms with Crippen molar-refractivity contribution >= 4 is 11.9 Å². The van der Waals surface area contributed by atoms with Crippen molar-refractivity contribution in [3.8, 4) is 0 Å². The third kappa shape index (κ3) is 7.27. The summed E-state index contributed by atoms with van der Waals surface area (Å²) in [6.07, 6.45) is 2.63. The van der Waals surface area contributed by atoms with Crippen LogP contribution in [0.2, 0.25) is 0 Å². The zero-order valence-electron chi connectivity index (χ0n) is 11.7. The van der Waals surface area contributed by atoms with E-state index in [9.17, 15) is 9.59 Å². The molecule has 0 saturated carbocycles. The summed E-state index contributed by atoms with van der Waals surface area (Å²) in [4.78, 5) is 22.8. The van der Waals surface area contributed by atoms with Gasteiger partial charge in [-0.1, -0.05) is 6.92 Å². The Hall–Kier alpha value is -1.10. The van der Waals surface area contributed by atoms with Gasteiger partial charge in [-0.05, 0) is 39.7 Å². The van der Waals surface area contributed by atoms with E-state index in [2.05, 4.69) is 0 Å². The lowest BCUT2D eigenvalue weighted by Crippen LogP contribution is -2.27. The fraction of sp³-hybridized carbons (Fsp3) is 0.846. The Morgan fingerprint density at radius 1 is 1.11 bits per heavy atom. The Bertz CT molecular complexity index is 264. The second-order valence-electron chi connectivity index (χ2n) is 4.84. The van der Waals surface area contributed by atoms with Crippen LogP contribution >= 0.6 is 0 Å². The van der Waals surface area contributed by atoms with Crippen LogP contribution in [0.15, 0.2) is 0 Å². The molecular weight excluding hydrogens is 234 g/mol. The van der Waals surface area contributed by atoms with Gasteiger partial charge in [0.25, 0.3) is 0 Å². The maximum atomic E-state index is 11.6. The Morgan fingerprint density at radius 2 is 1.72 bits per heavy atom. The van der Waals surface area contributed by atoms with Crippen molar-refractivity contribution in [2.24, 2.45) is 11.1 Å². The van der Waals surface area contributed by atoms with Gasteiger partial charge in [-0.2, -0.15) is 0 Å². The summed E-state index contributed by atoms with van der Waals surface area (Å²) in [6, 6.07) is 0. The first-order valence-corrected chi connectivity index (χ1v) is 6.47. The highest BCUT2D eigenvalue weighted by atomic mass is 16.6. The van der Waals surface area contributed by atoms with E-state index in [1.807, 2.05) is 20.8 Å². The molecule has 106 valence electrons. The molecule has 0 aliphatic carbocycles. The van der Waals surface area contributed by atoms with Gasteiger partial charge >= 0.3 is 11.9 Å². The van der Waals surface area contributed by atoms with Crippen LogP contribution in [0.25, 0.3) is 0 Å². The Balaban J connectivity index is 3.62. The zero-order chi connectivity index (χ0) is 14.0. The quantitative estimate of drug-likeness (QED) is 0.503. The molecule has 0 radical (unpaired) electrons. The first kappa shape index (κ1) is 16.9. The summed E-state index contributed by atoms with van der Waals surface area (Å²) in [5.74, 6) is -0.529. The summed E-state index contributed by atoms with van der Waals surface area (Å²) in [6.45, 7) is 6.40. The monoisotopic (exact) mass is 259 g/mol.